The van der Waals surface area contributed by atoms with Crippen LogP contribution in [-0.4, -0.2) is 46.9 Å². The number of hydrogen-bond donors (Lipinski definition) is 2. The van der Waals surface area contributed by atoms with E-state index >= 15 is 0 Å². The lowest BCUT2D eigenvalue weighted by Gasteiger charge is -2.13. The molecule has 0 radical (unpaired) electrons. The van der Waals surface area contributed by atoms with E-state index in [9.17, 15) is 12.8 Å². The number of halogens is 2. The summed E-state index contributed by atoms with van der Waals surface area (Å²) in [6.45, 7) is 3.63. The van der Waals surface area contributed by atoms with E-state index in [0.29, 0.717) is 19.0 Å². The molecule has 0 saturated carbocycles. The van der Waals surface area contributed by atoms with Gasteiger partial charge in [-0.1, -0.05) is 19.1 Å². The summed E-state index contributed by atoms with van der Waals surface area (Å²) >= 11 is 0. The summed E-state index contributed by atoms with van der Waals surface area (Å²) in [4.78, 5) is 4.25. The number of alkyl halides is 1. The molecule has 0 spiro atoms. The molecule has 0 aliphatic heterocycles. The molecule has 1 heterocycles. The van der Waals surface area contributed by atoms with E-state index in [2.05, 4.69) is 21.9 Å². The molecular weight excluding hydrogens is 421 g/mol. The van der Waals surface area contributed by atoms with Crippen LogP contribution < -0.4 is 19.5 Å². The van der Waals surface area contributed by atoms with E-state index in [4.69, 9.17) is 9.47 Å². The number of methoxy groups -OCH3 is 1. The van der Waals surface area contributed by atoms with Crippen molar-refractivity contribution in [3.05, 3.63) is 42.0 Å². The van der Waals surface area contributed by atoms with Crippen molar-refractivity contribution in [2.24, 2.45) is 0 Å². The molecule has 0 aliphatic rings. The van der Waals surface area contributed by atoms with E-state index in [1.807, 2.05) is 0 Å². The van der Waals surface area contributed by atoms with Crippen molar-refractivity contribution in [1.29, 1.82) is 0 Å². The molecule has 0 atom stereocenters. The third kappa shape index (κ3) is 7.68. The summed E-state index contributed by atoms with van der Waals surface area (Å²) in [5, 5.41) is 3.21. The first-order valence-corrected chi connectivity index (χ1v) is 10.5. The minimum atomic E-state index is -3.83. The smallest absolute Gasteiger partial charge is 0.262 e. The Morgan fingerprint density at radius 3 is 2.45 bits per heavy atom. The quantitative estimate of drug-likeness (QED) is 0.486. The molecule has 10 heteroatoms. The van der Waals surface area contributed by atoms with Gasteiger partial charge in [0.25, 0.3) is 10.0 Å². The highest BCUT2D eigenvalue weighted by Crippen LogP contribution is 2.27. The molecule has 1 aromatic carbocycles. The number of anilines is 1. The SMILES string of the molecule is CCCNCCOc1ccc(NS(=O)(=O)c2ccc(CCF)cc2)c(OC)n1.Cl. The second-order valence-electron chi connectivity index (χ2n) is 5.99. The van der Waals surface area contributed by atoms with Gasteiger partial charge in [0.2, 0.25) is 11.8 Å². The van der Waals surface area contributed by atoms with Crippen LogP contribution >= 0.6 is 12.4 Å². The zero-order valence-electron chi connectivity index (χ0n) is 16.5. The van der Waals surface area contributed by atoms with Crippen molar-refractivity contribution < 1.29 is 22.3 Å². The fourth-order valence-corrected chi connectivity index (χ4v) is 3.47. The van der Waals surface area contributed by atoms with Crippen LogP contribution in [0.15, 0.2) is 41.3 Å². The first-order valence-electron chi connectivity index (χ1n) is 9.06. The van der Waals surface area contributed by atoms with Crippen LogP contribution in [0.25, 0.3) is 0 Å². The lowest BCUT2D eigenvalue weighted by Crippen LogP contribution is -2.21. The van der Waals surface area contributed by atoms with Crippen LogP contribution in [0.1, 0.15) is 18.9 Å². The Bertz CT molecular complexity index is 851. The average molecular weight is 448 g/mol. The normalized spacial score (nSPS) is 10.9. The number of nitrogens with one attached hydrogen (secondary N) is 2. The summed E-state index contributed by atoms with van der Waals surface area (Å²) in [6, 6.07) is 9.17. The molecule has 0 saturated heterocycles. The highest BCUT2D eigenvalue weighted by molar-refractivity contribution is 7.92. The van der Waals surface area contributed by atoms with Crippen molar-refractivity contribution in [3.63, 3.8) is 0 Å². The summed E-state index contributed by atoms with van der Waals surface area (Å²) in [5.74, 6) is 0.449. The number of benzene rings is 1. The molecule has 2 rings (SSSR count). The van der Waals surface area contributed by atoms with Gasteiger partial charge in [0.1, 0.15) is 12.3 Å². The van der Waals surface area contributed by atoms with Gasteiger partial charge < -0.3 is 14.8 Å². The molecule has 0 amide bonds. The van der Waals surface area contributed by atoms with Gasteiger partial charge in [-0.2, -0.15) is 4.98 Å². The van der Waals surface area contributed by atoms with Gasteiger partial charge in [0, 0.05) is 19.0 Å². The first-order chi connectivity index (χ1) is 13.5. The number of pyridine rings is 1. The average Bonchev–Trinajstić information content (AvgIpc) is 2.69. The fourth-order valence-electron chi connectivity index (χ4n) is 2.41. The number of hydrogen-bond acceptors (Lipinski definition) is 6. The van der Waals surface area contributed by atoms with Gasteiger partial charge in [-0.3, -0.25) is 9.11 Å². The Morgan fingerprint density at radius 2 is 1.83 bits per heavy atom. The molecule has 0 unspecified atom stereocenters. The van der Waals surface area contributed by atoms with E-state index in [-0.39, 0.29) is 35.3 Å². The Kier molecular flexibility index (Phi) is 10.7. The number of nitrogens with zero attached hydrogens (tertiary/aromatic N) is 1. The summed E-state index contributed by atoms with van der Waals surface area (Å²) in [6.07, 6.45) is 1.29. The van der Waals surface area contributed by atoms with Gasteiger partial charge in [-0.05, 0) is 36.7 Å². The van der Waals surface area contributed by atoms with Crippen LogP contribution in [0, 0.1) is 0 Å². The Hall–Kier alpha value is -2.10. The first kappa shape index (κ1) is 24.9. The van der Waals surface area contributed by atoms with Crippen molar-refractivity contribution in [3.8, 4) is 11.8 Å². The number of ether oxygens (including phenoxy) is 2. The monoisotopic (exact) mass is 447 g/mol. The molecule has 0 bridgehead atoms. The van der Waals surface area contributed by atoms with Crippen molar-refractivity contribution in [2.45, 2.75) is 24.7 Å². The Labute approximate surface area is 177 Å². The number of sulfonamides is 1. The summed E-state index contributed by atoms with van der Waals surface area (Å²) in [5.41, 5.74) is 0.933. The van der Waals surface area contributed by atoms with Crippen molar-refractivity contribution in [2.75, 3.05) is 38.2 Å². The molecule has 7 nitrogen and oxygen atoms in total. The highest BCUT2D eigenvalue weighted by Gasteiger charge is 2.18. The summed E-state index contributed by atoms with van der Waals surface area (Å²) in [7, 11) is -2.43. The maximum Gasteiger partial charge on any atom is 0.262 e. The second-order valence-corrected chi connectivity index (χ2v) is 7.68. The molecule has 162 valence electrons. The largest absolute Gasteiger partial charge is 0.479 e. The van der Waals surface area contributed by atoms with Crippen LogP contribution in [0.4, 0.5) is 10.1 Å². The maximum absolute atomic E-state index is 12.6. The predicted octanol–water partition coefficient (Wildman–Crippen LogP) is 3.20. The molecule has 29 heavy (non-hydrogen) atoms. The van der Waals surface area contributed by atoms with Gasteiger partial charge in [0.05, 0.1) is 18.7 Å². The molecule has 2 N–H and O–H groups in total. The molecule has 0 aliphatic carbocycles. The second kappa shape index (κ2) is 12.5. The fraction of sp³-hybridized carbons (Fsp3) is 0.421. The Balaban J connectivity index is 0.00000420. The van der Waals surface area contributed by atoms with Gasteiger partial charge in [-0.25, -0.2) is 8.42 Å². The van der Waals surface area contributed by atoms with E-state index in [1.54, 1.807) is 18.2 Å². The van der Waals surface area contributed by atoms with Gasteiger partial charge >= 0.3 is 0 Å². The number of rotatable bonds is 12. The third-order valence-corrected chi connectivity index (χ3v) is 5.23. The van der Waals surface area contributed by atoms with Crippen molar-refractivity contribution in [1.82, 2.24) is 10.3 Å². The minimum absolute atomic E-state index is 0. The zero-order valence-corrected chi connectivity index (χ0v) is 18.1. The van der Waals surface area contributed by atoms with Crippen LogP contribution in [0.5, 0.6) is 11.8 Å². The molecule has 1 aromatic heterocycles. The standard InChI is InChI=1S/C19H26FN3O4S.ClH/c1-3-12-21-13-14-27-18-9-8-17(19(22-18)26-2)23-28(24,25)16-6-4-15(5-7-16)10-11-20;/h4-9,21,23H,3,10-14H2,1-2H3;1H. The van der Waals surface area contributed by atoms with E-state index in [1.165, 1.54) is 25.3 Å². The molecule has 2 aromatic rings. The lowest BCUT2D eigenvalue weighted by molar-refractivity contribution is 0.296. The van der Waals surface area contributed by atoms with E-state index in [0.717, 1.165) is 18.5 Å². The number of aryl methyl sites for hydroxylation is 1. The number of aromatic nitrogens is 1. The maximum atomic E-state index is 12.6. The van der Waals surface area contributed by atoms with E-state index < -0.39 is 16.7 Å². The zero-order chi connectivity index (χ0) is 20.4. The van der Waals surface area contributed by atoms with Crippen molar-refractivity contribution >= 4 is 28.1 Å². The van der Waals surface area contributed by atoms with Crippen LogP contribution in [0.3, 0.4) is 0 Å². The summed E-state index contributed by atoms with van der Waals surface area (Å²) < 4.78 is 50.7. The predicted molar refractivity (Wildman–Crippen MR) is 114 cm³/mol. The van der Waals surface area contributed by atoms with Gasteiger partial charge in [-0.15, -0.1) is 12.4 Å². The Morgan fingerprint density at radius 1 is 1.10 bits per heavy atom. The van der Waals surface area contributed by atoms with Gasteiger partial charge in [0.15, 0.2) is 0 Å². The van der Waals surface area contributed by atoms with Crippen LogP contribution in [0.2, 0.25) is 0 Å². The minimum Gasteiger partial charge on any atom is -0.479 e. The third-order valence-electron chi connectivity index (χ3n) is 3.84. The highest BCUT2D eigenvalue weighted by atomic mass is 35.5. The topological polar surface area (TPSA) is 89.6 Å². The lowest BCUT2D eigenvalue weighted by atomic mass is 10.2. The van der Waals surface area contributed by atoms with Crippen LogP contribution in [-0.2, 0) is 16.4 Å². The molecule has 0 fully saturated rings. The molecular formula is C19H27ClFN3O4S.